The molecule has 0 saturated heterocycles. The fourth-order valence-corrected chi connectivity index (χ4v) is 0.601. The van der Waals surface area contributed by atoms with Gasteiger partial charge in [0.2, 0.25) is 5.85 Å². The minimum absolute atomic E-state index is 0. The predicted octanol–water partition coefficient (Wildman–Crippen LogP) is -1.99. The Morgan fingerprint density at radius 1 is 1.27 bits per heavy atom. The summed E-state index contributed by atoms with van der Waals surface area (Å²) < 4.78 is 19.6. The molecule has 0 aromatic heterocycles. The minimum atomic E-state index is -3.31. The zero-order valence-electron chi connectivity index (χ0n) is 4.67. The number of aliphatic hydroxyl groups is 2. The Morgan fingerprint density at radius 3 is 1.73 bits per heavy atom. The van der Waals surface area contributed by atoms with Crippen LogP contribution in [0.5, 0.6) is 0 Å². The second-order valence-electron chi connectivity index (χ2n) is 1.48. The molecule has 0 heterocycles. The Hall–Kier alpha value is 0.861. The van der Waals surface area contributed by atoms with Crippen LogP contribution >= 0.6 is 7.68 Å². The van der Waals surface area contributed by atoms with Crippen molar-refractivity contribution in [2.45, 2.75) is 11.9 Å². The van der Waals surface area contributed by atoms with Crippen LogP contribution in [0.15, 0.2) is 0 Å². The molecule has 0 bridgehead atoms. The van der Waals surface area contributed by atoms with Gasteiger partial charge in [0.1, 0.15) is 0 Å². The summed E-state index contributed by atoms with van der Waals surface area (Å²) in [7, 11) is -3.31. The van der Waals surface area contributed by atoms with Gasteiger partial charge in [0.15, 0.2) is 6.10 Å². The van der Waals surface area contributed by atoms with Gasteiger partial charge in [-0.25, -0.2) is 13.9 Å². The number of hydrogen-bond donors (Lipinski definition) is 3. The Kier molecular flexibility index (Phi) is 8.35. The van der Waals surface area contributed by atoms with Gasteiger partial charge < -0.3 is 15.3 Å². The van der Waals surface area contributed by atoms with Crippen molar-refractivity contribution in [2.24, 2.45) is 0 Å². The SMILES string of the molecule is O=C(O)C(O)C(O)P(=O)=O.[BaH2]. The molecule has 0 spiro atoms. The second kappa shape index (κ2) is 6.39. The maximum absolute atomic E-state index is 9.81. The van der Waals surface area contributed by atoms with E-state index in [-0.39, 0.29) is 48.9 Å². The van der Waals surface area contributed by atoms with Gasteiger partial charge in [-0.3, -0.25) is 0 Å². The van der Waals surface area contributed by atoms with E-state index >= 15 is 0 Å². The molecule has 0 amide bonds. The molecule has 11 heavy (non-hydrogen) atoms. The number of carbonyl (C=O) groups is 1. The third-order valence-electron chi connectivity index (χ3n) is 0.751. The predicted molar refractivity (Wildman–Crippen MR) is 36.5 cm³/mol. The Balaban J connectivity index is 0. The van der Waals surface area contributed by atoms with Crippen molar-refractivity contribution in [3.63, 3.8) is 0 Å². The van der Waals surface area contributed by atoms with Gasteiger partial charge >= 0.3 is 62.5 Å². The summed E-state index contributed by atoms with van der Waals surface area (Å²) in [6.07, 6.45) is -2.26. The molecule has 3 N–H and O–H groups in total. The van der Waals surface area contributed by atoms with Crippen LogP contribution in [-0.4, -0.2) is 82.1 Å². The topological polar surface area (TPSA) is 112 Å². The van der Waals surface area contributed by atoms with Crippen LogP contribution in [0.1, 0.15) is 0 Å². The third-order valence-corrected chi connectivity index (χ3v) is 1.47. The average Bonchev–Trinajstić information content (AvgIpc) is 1.84. The van der Waals surface area contributed by atoms with Gasteiger partial charge in [-0.15, -0.1) is 0 Å². The van der Waals surface area contributed by atoms with E-state index in [2.05, 4.69) is 0 Å². The first-order valence-electron chi connectivity index (χ1n) is 2.19. The number of carboxylic acids is 1. The normalized spacial score (nSPS) is 14.4. The molecule has 0 aliphatic rings. The molecule has 0 aliphatic heterocycles. The number of aliphatic carboxylic acids is 1. The van der Waals surface area contributed by atoms with Gasteiger partial charge in [-0.2, -0.15) is 0 Å². The summed E-state index contributed by atoms with van der Waals surface area (Å²) >= 11 is 0. The van der Waals surface area contributed by atoms with E-state index in [9.17, 15) is 13.9 Å². The summed E-state index contributed by atoms with van der Waals surface area (Å²) in [6, 6.07) is 0. The molecule has 0 saturated carbocycles. The van der Waals surface area contributed by atoms with Crippen LogP contribution in [0.25, 0.3) is 0 Å². The van der Waals surface area contributed by atoms with Crippen molar-refractivity contribution < 1.29 is 29.2 Å². The van der Waals surface area contributed by atoms with Gasteiger partial charge in [0.25, 0.3) is 0 Å². The Labute approximate surface area is 102 Å². The zero-order valence-corrected chi connectivity index (χ0v) is 5.56. The Bertz CT molecular complexity index is 192. The molecule has 6 nitrogen and oxygen atoms in total. The number of aliphatic hydroxyl groups excluding tert-OH is 2. The zero-order chi connectivity index (χ0) is 8.31. The van der Waals surface area contributed by atoms with E-state index in [0.717, 1.165) is 0 Å². The van der Waals surface area contributed by atoms with E-state index in [1.54, 1.807) is 0 Å². The molecule has 0 aliphatic carbocycles. The average molecular weight is 307 g/mol. The maximum atomic E-state index is 9.81. The Morgan fingerprint density at radius 2 is 1.64 bits per heavy atom. The first-order valence-corrected chi connectivity index (χ1v) is 3.44. The van der Waals surface area contributed by atoms with Crippen LogP contribution < -0.4 is 0 Å². The van der Waals surface area contributed by atoms with Gasteiger partial charge in [-0.1, -0.05) is 0 Å². The molecule has 2 atom stereocenters. The van der Waals surface area contributed by atoms with E-state index in [1.165, 1.54) is 0 Å². The van der Waals surface area contributed by atoms with Crippen molar-refractivity contribution in [1.82, 2.24) is 0 Å². The molecule has 0 aromatic rings. The van der Waals surface area contributed by atoms with Crippen LogP contribution in [0, 0.1) is 0 Å². The van der Waals surface area contributed by atoms with Crippen molar-refractivity contribution >= 4 is 62.5 Å². The second-order valence-corrected chi connectivity index (χ2v) is 2.58. The fraction of sp³-hybridized carbons (Fsp3) is 0.667. The van der Waals surface area contributed by atoms with Crippen molar-refractivity contribution in [3.8, 4) is 0 Å². The number of carboxylic acid groups (broad SMARTS) is 1. The third kappa shape index (κ3) is 5.16. The van der Waals surface area contributed by atoms with Crippen molar-refractivity contribution in [3.05, 3.63) is 0 Å². The molecule has 0 radical (unpaired) electrons. The first kappa shape index (κ1) is 14.4. The van der Waals surface area contributed by atoms with Crippen LogP contribution in [0.2, 0.25) is 0 Å². The quantitative estimate of drug-likeness (QED) is 0.411. The van der Waals surface area contributed by atoms with Crippen molar-refractivity contribution in [2.75, 3.05) is 0 Å². The van der Waals surface area contributed by atoms with Crippen LogP contribution in [-0.2, 0) is 13.9 Å². The molecule has 0 fully saturated rings. The fourth-order valence-electron chi connectivity index (χ4n) is 0.243. The molecule has 0 rings (SSSR count). The standard InChI is InChI=1S/C3H5O6P.Ba.2H/c4-1(2(5)6)3(7)10(8)9;;;/h1,3-4,7H,(H,5,6);;;. The molecule has 8 heteroatoms. The van der Waals surface area contributed by atoms with E-state index < -0.39 is 25.6 Å². The first-order chi connectivity index (χ1) is 4.46. The molecular formula is C3H7BaO6P. The van der Waals surface area contributed by atoms with E-state index in [1.807, 2.05) is 0 Å². The summed E-state index contributed by atoms with van der Waals surface area (Å²) in [6.45, 7) is 0. The van der Waals surface area contributed by atoms with Gasteiger partial charge in [-0.05, 0) is 0 Å². The molecule has 0 aromatic carbocycles. The van der Waals surface area contributed by atoms with Gasteiger partial charge in [0, 0.05) is 0 Å². The van der Waals surface area contributed by atoms with Crippen LogP contribution in [0.4, 0.5) is 0 Å². The molecular weight excluding hydrogens is 300 g/mol. The van der Waals surface area contributed by atoms with Gasteiger partial charge in [0.05, 0.1) is 0 Å². The van der Waals surface area contributed by atoms with Crippen LogP contribution in [0.3, 0.4) is 0 Å². The number of hydrogen-bond acceptors (Lipinski definition) is 5. The molecule has 2 unspecified atom stereocenters. The van der Waals surface area contributed by atoms with E-state index in [0.29, 0.717) is 0 Å². The van der Waals surface area contributed by atoms with Crippen molar-refractivity contribution in [1.29, 1.82) is 0 Å². The number of rotatable bonds is 3. The molecule has 62 valence electrons. The summed E-state index contributed by atoms with van der Waals surface area (Å²) in [5, 5.41) is 24.6. The monoisotopic (exact) mass is 308 g/mol. The summed E-state index contributed by atoms with van der Waals surface area (Å²) in [5.74, 6) is -4.00. The summed E-state index contributed by atoms with van der Waals surface area (Å²) in [4.78, 5) is 9.77. The summed E-state index contributed by atoms with van der Waals surface area (Å²) in [5.41, 5.74) is 0. The van der Waals surface area contributed by atoms with E-state index in [4.69, 9.17) is 15.3 Å².